The van der Waals surface area contributed by atoms with Gasteiger partial charge in [-0.3, -0.25) is 0 Å². The normalized spacial score (nSPS) is 9.71. The fourth-order valence-electron chi connectivity index (χ4n) is 1.65. The number of hydrogen-bond donors (Lipinski definition) is 0. The Balaban J connectivity index is 1.84. The molecule has 0 N–H and O–H groups in total. The predicted octanol–water partition coefficient (Wildman–Crippen LogP) is 3.33. The molecule has 2 aromatic rings. The summed E-state index contributed by atoms with van der Waals surface area (Å²) in [7, 11) is 0. The summed E-state index contributed by atoms with van der Waals surface area (Å²) in [6.45, 7) is -0.123. The molecule has 21 heavy (non-hydrogen) atoms. The smallest absolute Gasteiger partial charge is 0.344 e. The molecular weight excluding hydrogens is 290 g/mol. The quantitative estimate of drug-likeness (QED) is 0.795. The molecule has 0 aliphatic heterocycles. The maximum Gasteiger partial charge on any atom is 0.344 e. The Hall–Kier alpha value is -2.51. The highest BCUT2D eigenvalue weighted by atomic mass is 35.5. The van der Waals surface area contributed by atoms with Crippen molar-refractivity contribution in [1.29, 1.82) is 5.26 Å². The van der Waals surface area contributed by atoms with Gasteiger partial charge in [0.15, 0.2) is 6.61 Å². The van der Waals surface area contributed by atoms with Crippen molar-refractivity contribution in [1.82, 2.24) is 0 Å². The van der Waals surface area contributed by atoms with Crippen LogP contribution in [-0.4, -0.2) is 12.6 Å². The fourth-order valence-corrected chi connectivity index (χ4v) is 1.87. The highest BCUT2D eigenvalue weighted by Crippen LogP contribution is 2.16. The number of rotatable bonds is 5. The molecule has 0 amide bonds. The molecule has 2 rings (SSSR count). The minimum atomic E-state index is -0.511. The third kappa shape index (κ3) is 4.51. The lowest BCUT2D eigenvalue weighted by molar-refractivity contribution is -0.147. The van der Waals surface area contributed by atoms with Crippen LogP contribution in [0.3, 0.4) is 0 Å². The maximum absolute atomic E-state index is 11.6. The Labute approximate surface area is 127 Å². The van der Waals surface area contributed by atoms with Gasteiger partial charge in [0.2, 0.25) is 0 Å². The molecule has 2 aromatic carbocycles. The first-order valence-corrected chi connectivity index (χ1v) is 6.59. The van der Waals surface area contributed by atoms with Gasteiger partial charge in [0.05, 0.1) is 5.56 Å². The molecule has 106 valence electrons. The van der Waals surface area contributed by atoms with Gasteiger partial charge in [0.1, 0.15) is 18.4 Å². The molecule has 0 radical (unpaired) electrons. The first-order valence-electron chi connectivity index (χ1n) is 6.21. The first-order chi connectivity index (χ1) is 10.2. The SMILES string of the molecule is N#Cc1ccccc1OCC(=O)OCc1cccc(Cl)c1. The van der Waals surface area contributed by atoms with E-state index in [2.05, 4.69) is 0 Å². The van der Waals surface area contributed by atoms with Gasteiger partial charge in [-0.2, -0.15) is 5.26 Å². The topological polar surface area (TPSA) is 59.3 Å². The monoisotopic (exact) mass is 301 g/mol. The number of esters is 1. The second-order valence-corrected chi connectivity index (χ2v) is 4.62. The Bertz CT molecular complexity index is 679. The van der Waals surface area contributed by atoms with Crippen LogP contribution < -0.4 is 4.74 Å². The summed E-state index contributed by atoms with van der Waals surface area (Å²) in [6.07, 6.45) is 0. The average Bonchev–Trinajstić information content (AvgIpc) is 2.51. The number of benzene rings is 2. The van der Waals surface area contributed by atoms with Crippen molar-refractivity contribution in [3.8, 4) is 11.8 Å². The molecule has 0 saturated heterocycles. The largest absolute Gasteiger partial charge is 0.481 e. The minimum Gasteiger partial charge on any atom is -0.481 e. The van der Waals surface area contributed by atoms with Crippen molar-refractivity contribution in [2.24, 2.45) is 0 Å². The standard InChI is InChI=1S/C16H12ClNO3/c17-14-6-3-4-12(8-14)10-21-16(19)11-20-15-7-2-1-5-13(15)9-18/h1-8H,10-11H2. The molecule has 0 bridgehead atoms. The zero-order valence-corrected chi connectivity index (χ0v) is 11.8. The second kappa shape index (κ2) is 7.32. The van der Waals surface area contributed by atoms with Crippen LogP contribution >= 0.6 is 11.6 Å². The summed E-state index contributed by atoms with van der Waals surface area (Å²) < 4.78 is 10.4. The number of nitrogens with zero attached hydrogens (tertiary/aromatic N) is 1. The predicted molar refractivity (Wildman–Crippen MR) is 77.9 cm³/mol. The highest BCUT2D eigenvalue weighted by molar-refractivity contribution is 6.30. The van der Waals surface area contributed by atoms with Gasteiger partial charge in [0.25, 0.3) is 0 Å². The third-order valence-electron chi connectivity index (χ3n) is 2.64. The highest BCUT2D eigenvalue weighted by Gasteiger charge is 2.07. The molecule has 0 unspecified atom stereocenters. The van der Waals surface area contributed by atoms with Gasteiger partial charge in [-0.1, -0.05) is 35.9 Å². The molecule has 5 heteroatoms. The van der Waals surface area contributed by atoms with E-state index >= 15 is 0 Å². The van der Waals surface area contributed by atoms with E-state index in [1.807, 2.05) is 12.1 Å². The zero-order chi connectivity index (χ0) is 15.1. The van der Waals surface area contributed by atoms with E-state index < -0.39 is 5.97 Å². The zero-order valence-electron chi connectivity index (χ0n) is 11.1. The van der Waals surface area contributed by atoms with Crippen LogP contribution in [0.2, 0.25) is 5.02 Å². The average molecular weight is 302 g/mol. The van der Waals surface area contributed by atoms with E-state index in [0.29, 0.717) is 16.3 Å². The summed E-state index contributed by atoms with van der Waals surface area (Å²) >= 11 is 5.84. The molecule has 0 aromatic heterocycles. The molecule has 0 spiro atoms. The molecule has 0 heterocycles. The summed E-state index contributed by atoms with van der Waals surface area (Å²) in [6, 6.07) is 15.8. The van der Waals surface area contributed by atoms with Gasteiger partial charge in [0, 0.05) is 5.02 Å². The van der Waals surface area contributed by atoms with Gasteiger partial charge in [-0.15, -0.1) is 0 Å². The van der Waals surface area contributed by atoms with Crippen molar-refractivity contribution in [2.75, 3.05) is 6.61 Å². The van der Waals surface area contributed by atoms with Crippen molar-refractivity contribution in [2.45, 2.75) is 6.61 Å². The van der Waals surface area contributed by atoms with Crippen molar-refractivity contribution < 1.29 is 14.3 Å². The first kappa shape index (κ1) is 14.9. The van der Waals surface area contributed by atoms with Crippen LogP contribution in [0, 0.1) is 11.3 Å². The Morgan fingerprint density at radius 2 is 2.00 bits per heavy atom. The minimum absolute atomic E-state index is 0.128. The fraction of sp³-hybridized carbons (Fsp3) is 0.125. The van der Waals surface area contributed by atoms with E-state index in [1.165, 1.54) is 0 Å². The molecule has 0 saturated carbocycles. The number of para-hydroxylation sites is 1. The lowest BCUT2D eigenvalue weighted by Crippen LogP contribution is -2.15. The summed E-state index contributed by atoms with van der Waals surface area (Å²) in [5.41, 5.74) is 1.17. The van der Waals surface area contributed by atoms with Crippen LogP contribution in [0.4, 0.5) is 0 Å². The Kier molecular flexibility index (Phi) is 5.19. The molecule has 0 fully saturated rings. The number of nitriles is 1. The van der Waals surface area contributed by atoms with E-state index in [1.54, 1.807) is 42.5 Å². The molecule has 0 atom stereocenters. The number of hydrogen-bond acceptors (Lipinski definition) is 4. The van der Waals surface area contributed by atoms with E-state index in [4.69, 9.17) is 26.3 Å². The number of carbonyl (C=O) groups is 1. The molecule has 0 aliphatic rings. The van der Waals surface area contributed by atoms with Crippen LogP contribution in [0.1, 0.15) is 11.1 Å². The van der Waals surface area contributed by atoms with Crippen LogP contribution in [-0.2, 0) is 16.1 Å². The van der Waals surface area contributed by atoms with Crippen molar-refractivity contribution in [3.63, 3.8) is 0 Å². The third-order valence-corrected chi connectivity index (χ3v) is 2.88. The molecule has 0 aliphatic carbocycles. The second-order valence-electron chi connectivity index (χ2n) is 4.19. The lowest BCUT2D eigenvalue weighted by atomic mass is 10.2. The lowest BCUT2D eigenvalue weighted by Gasteiger charge is -2.08. The van der Waals surface area contributed by atoms with Gasteiger partial charge >= 0.3 is 5.97 Å². The number of carbonyl (C=O) groups excluding carboxylic acids is 1. The van der Waals surface area contributed by atoms with E-state index in [-0.39, 0.29) is 13.2 Å². The van der Waals surface area contributed by atoms with E-state index in [0.717, 1.165) is 5.56 Å². The van der Waals surface area contributed by atoms with Gasteiger partial charge in [-0.05, 0) is 29.8 Å². The number of halogens is 1. The Morgan fingerprint density at radius 1 is 1.19 bits per heavy atom. The van der Waals surface area contributed by atoms with Crippen LogP contribution in [0.15, 0.2) is 48.5 Å². The summed E-state index contributed by atoms with van der Waals surface area (Å²) in [5, 5.41) is 9.49. The van der Waals surface area contributed by atoms with Crippen LogP contribution in [0.25, 0.3) is 0 Å². The summed E-state index contributed by atoms with van der Waals surface area (Å²) in [4.78, 5) is 11.6. The van der Waals surface area contributed by atoms with Crippen molar-refractivity contribution in [3.05, 3.63) is 64.7 Å². The van der Waals surface area contributed by atoms with E-state index in [9.17, 15) is 4.79 Å². The summed E-state index contributed by atoms with van der Waals surface area (Å²) in [5.74, 6) is -0.151. The molecule has 4 nitrogen and oxygen atoms in total. The maximum atomic E-state index is 11.6. The Morgan fingerprint density at radius 3 is 2.76 bits per heavy atom. The van der Waals surface area contributed by atoms with Gasteiger partial charge in [-0.25, -0.2) is 4.79 Å². The number of ether oxygens (including phenoxy) is 2. The van der Waals surface area contributed by atoms with Crippen molar-refractivity contribution >= 4 is 17.6 Å². The van der Waals surface area contributed by atoms with Crippen LogP contribution in [0.5, 0.6) is 5.75 Å². The van der Waals surface area contributed by atoms with Gasteiger partial charge < -0.3 is 9.47 Å². The molecular formula is C16H12ClNO3.